The number of non-ortho nitro benzene ring substituents is 3. The van der Waals surface area contributed by atoms with Crippen molar-refractivity contribution in [1.29, 1.82) is 0 Å². The molecule has 0 aromatic heterocycles. The molecule has 0 N–H and O–H groups in total. The van der Waals surface area contributed by atoms with Crippen LogP contribution in [0.25, 0.3) is 0 Å². The van der Waals surface area contributed by atoms with Gasteiger partial charge >= 0.3 is 0 Å². The molecule has 0 saturated carbocycles. The van der Waals surface area contributed by atoms with E-state index in [9.17, 15) is 39.9 Å². The van der Waals surface area contributed by atoms with E-state index in [1.807, 2.05) is 0 Å². The van der Waals surface area contributed by atoms with Gasteiger partial charge in [0.1, 0.15) is 0 Å². The van der Waals surface area contributed by atoms with Gasteiger partial charge < -0.3 is 9.80 Å². The first-order valence-corrected chi connectivity index (χ1v) is 9.84. The molecule has 0 unspecified atom stereocenters. The Kier molecular flexibility index (Phi) is 6.80. The summed E-state index contributed by atoms with van der Waals surface area (Å²) in [4.78, 5) is 59.6. The van der Waals surface area contributed by atoms with Crippen LogP contribution in [0, 0.1) is 30.3 Å². The second kappa shape index (κ2) is 9.74. The minimum absolute atomic E-state index is 0.152. The molecule has 0 atom stereocenters. The molecule has 0 fully saturated rings. The molecule has 2 amide bonds. The van der Waals surface area contributed by atoms with Gasteiger partial charge in [-0.15, -0.1) is 0 Å². The lowest BCUT2D eigenvalue weighted by atomic mass is 10.1. The molecule has 0 aliphatic heterocycles. The maximum atomic E-state index is 13.0. The third kappa shape index (κ3) is 5.24. The predicted octanol–water partition coefficient (Wildman–Crippen LogP) is 3.96. The Balaban J connectivity index is 1.94. The Hall–Kier alpha value is -5.20. The van der Waals surface area contributed by atoms with E-state index < -0.39 is 32.3 Å². The lowest BCUT2D eigenvalue weighted by Gasteiger charge is -2.19. The summed E-state index contributed by atoms with van der Waals surface area (Å²) >= 11 is 0. The van der Waals surface area contributed by atoms with Crippen LogP contribution in [0.2, 0.25) is 0 Å². The third-order valence-electron chi connectivity index (χ3n) is 5.13. The number of anilines is 2. The normalized spacial score (nSPS) is 10.3. The van der Waals surface area contributed by atoms with E-state index in [1.54, 1.807) is 0 Å². The monoisotopic (exact) mass is 479 g/mol. The second-order valence-electron chi connectivity index (χ2n) is 7.30. The molecule has 3 rings (SSSR count). The summed E-state index contributed by atoms with van der Waals surface area (Å²) in [7, 11) is 2.76. The van der Waals surface area contributed by atoms with Gasteiger partial charge in [-0.25, -0.2) is 0 Å². The number of carbonyl (C=O) groups is 2. The molecule has 0 saturated heterocycles. The molecule has 0 aliphatic rings. The number of nitro benzene ring substituents is 3. The van der Waals surface area contributed by atoms with Crippen molar-refractivity contribution >= 4 is 40.3 Å². The number of carbonyl (C=O) groups excluding carboxylic acids is 2. The standard InChI is InChI=1S/C22H17N5O8/c1-23(16-3-7-18(8-4-16)25(30)31)21(28)14-11-15(13-20(12-14)27(34)35)22(29)24(2)17-5-9-19(10-6-17)26(32)33/h3-13H,1-2H3. The predicted molar refractivity (Wildman–Crippen MR) is 125 cm³/mol. The maximum Gasteiger partial charge on any atom is 0.271 e. The quantitative estimate of drug-likeness (QED) is 0.362. The SMILES string of the molecule is CN(C(=O)c1cc(C(=O)N(C)c2ccc([N+](=O)[O-])cc2)cc([N+](=O)[O-])c1)c1ccc([N+](=O)[O-])cc1. The van der Waals surface area contributed by atoms with E-state index in [1.165, 1.54) is 68.7 Å². The van der Waals surface area contributed by atoms with Gasteiger partial charge in [-0.2, -0.15) is 0 Å². The first kappa shape index (κ1) is 24.4. The van der Waals surface area contributed by atoms with Crippen LogP contribution >= 0.6 is 0 Å². The summed E-state index contributed by atoms with van der Waals surface area (Å²) < 4.78 is 0. The Morgan fingerprint density at radius 2 is 0.886 bits per heavy atom. The average molecular weight is 479 g/mol. The van der Waals surface area contributed by atoms with Crippen molar-refractivity contribution in [1.82, 2.24) is 0 Å². The minimum atomic E-state index is -0.745. The van der Waals surface area contributed by atoms with E-state index in [0.717, 1.165) is 21.9 Å². The van der Waals surface area contributed by atoms with Crippen LogP contribution in [0.4, 0.5) is 28.4 Å². The van der Waals surface area contributed by atoms with E-state index >= 15 is 0 Å². The number of rotatable bonds is 7. The topological polar surface area (TPSA) is 170 Å². The number of benzene rings is 3. The first-order valence-electron chi connectivity index (χ1n) is 9.84. The largest absolute Gasteiger partial charge is 0.311 e. The third-order valence-corrected chi connectivity index (χ3v) is 5.13. The number of hydrogen-bond donors (Lipinski definition) is 0. The zero-order chi connectivity index (χ0) is 25.9. The molecular weight excluding hydrogens is 462 g/mol. The fourth-order valence-corrected chi connectivity index (χ4v) is 3.18. The first-order chi connectivity index (χ1) is 16.5. The highest BCUT2D eigenvalue weighted by molar-refractivity contribution is 6.10. The molecular formula is C22H17N5O8. The van der Waals surface area contributed by atoms with Crippen molar-refractivity contribution in [3.8, 4) is 0 Å². The molecule has 0 spiro atoms. The molecule has 3 aromatic rings. The average Bonchev–Trinajstić information content (AvgIpc) is 2.86. The van der Waals surface area contributed by atoms with Crippen molar-refractivity contribution in [2.24, 2.45) is 0 Å². The molecule has 3 aromatic carbocycles. The van der Waals surface area contributed by atoms with Crippen molar-refractivity contribution < 1.29 is 24.4 Å². The van der Waals surface area contributed by atoms with Crippen LogP contribution in [-0.4, -0.2) is 40.7 Å². The highest BCUT2D eigenvalue weighted by Crippen LogP contribution is 2.25. The van der Waals surface area contributed by atoms with Crippen molar-refractivity contribution in [2.45, 2.75) is 0 Å². The molecule has 0 bridgehead atoms. The van der Waals surface area contributed by atoms with Gasteiger partial charge in [-0.05, 0) is 30.3 Å². The molecule has 35 heavy (non-hydrogen) atoms. The summed E-state index contributed by atoms with van der Waals surface area (Å²) in [6.45, 7) is 0. The van der Waals surface area contributed by atoms with E-state index in [0.29, 0.717) is 11.4 Å². The van der Waals surface area contributed by atoms with Gasteiger partial charge in [0.25, 0.3) is 28.9 Å². The zero-order valence-corrected chi connectivity index (χ0v) is 18.4. The molecule has 13 nitrogen and oxygen atoms in total. The fraction of sp³-hybridized carbons (Fsp3) is 0.0909. The Labute approximate surface area is 197 Å². The number of nitro groups is 3. The van der Waals surface area contributed by atoms with Gasteiger partial charge in [0.05, 0.1) is 14.8 Å². The molecule has 0 radical (unpaired) electrons. The van der Waals surface area contributed by atoms with Crippen molar-refractivity contribution in [3.05, 3.63) is 108 Å². The smallest absolute Gasteiger partial charge is 0.271 e. The summed E-state index contributed by atoms with van der Waals surface area (Å²) in [5.41, 5.74) is -0.556. The van der Waals surface area contributed by atoms with Crippen LogP contribution in [-0.2, 0) is 0 Å². The van der Waals surface area contributed by atoms with Gasteiger partial charge in [-0.1, -0.05) is 0 Å². The van der Waals surface area contributed by atoms with Crippen molar-refractivity contribution in [2.75, 3.05) is 23.9 Å². The lowest BCUT2D eigenvalue weighted by Crippen LogP contribution is -2.28. The van der Waals surface area contributed by atoms with Gasteiger partial charge in [0, 0.05) is 73.0 Å². The molecule has 0 aliphatic carbocycles. The fourth-order valence-electron chi connectivity index (χ4n) is 3.18. The zero-order valence-electron chi connectivity index (χ0n) is 18.4. The number of hydrogen-bond acceptors (Lipinski definition) is 8. The highest BCUT2D eigenvalue weighted by atomic mass is 16.6. The van der Waals surface area contributed by atoms with Crippen LogP contribution in [0.5, 0.6) is 0 Å². The van der Waals surface area contributed by atoms with E-state index in [2.05, 4.69) is 0 Å². The lowest BCUT2D eigenvalue weighted by molar-refractivity contribution is -0.385. The van der Waals surface area contributed by atoms with Crippen LogP contribution < -0.4 is 9.80 Å². The Bertz CT molecular complexity index is 1250. The summed E-state index contributed by atoms with van der Waals surface area (Å²) in [6, 6.07) is 13.5. The summed E-state index contributed by atoms with van der Waals surface area (Å²) in [6.07, 6.45) is 0. The molecule has 13 heteroatoms. The Morgan fingerprint density at radius 1 is 0.571 bits per heavy atom. The van der Waals surface area contributed by atoms with Crippen LogP contribution in [0.3, 0.4) is 0 Å². The van der Waals surface area contributed by atoms with E-state index in [-0.39, 0.29) is 22.5 Å². The highest BCUT2D eigenvalue weighted by Gasteiger charge is 2.23. The van der Waals surface area contributed by atoms with Crippen LogP contribution in [0.15, 0.2) is 66.7 Å². The summed E-state index contributed by atoms with van der Waals surface area (Å²) in [5.74, 6) is -1.37. The van der Waals surface area contributed by atoms with Gasteiger partial charge in [-0.3, -0.25) is 39.9 Å². The number of amides is 2. The van der Waals surface area contributed by atoms with Crippen LogP contribution in [0.1, 0.15) is 20.7 Å². The van der Waals surface area contributed by atoms with E-state index in [4.69, 9.17) is 0 Å². The van der Waals surface area contributed by atoms with Gasteiger partial charge in [0.15, 0.2) is 0 Å². The summed E-state index contributed by atoms with van der Waals surface area (Å²) in [5, 5.41) is 33.1. The maximum absolute atomic E-state index is 13.0. The van der Waals surface area contributed by atoms with Gasteiger partial charge in [0.2, 0.25) is 0 Å². The molecule has 178 valence electrons. The number of nitrogens with zero attached hydrogens (tertiary/aromatic N) is 5. The minimum Gasteiger partial charge on any atom is -0.311 e. The molecule has 0 heterocycles. The second-order valence-corrected chi connectivity index (χ2v) is 7.30. The van der Waals surface area contributed by atoms with Crippen molar-refractivity contribution in [3.63, 3.8) is 0 Å². The Morgan fingerprint density at radius 3 is 1.17 bits per heavy atom.